The summed E-state index contributed by atoms with van der Waals surface area (Å²) in [4.78, 5) is 0. The van der Waals surface area contributed by atoms with Crippen molar-refractivity contribution >= 4 is 11.3 Å². The number of nitrogens with two attached hydrogens (primary N) is 1. The summed E-state index contributed by atoms with van der Waals surface area (Å²) in [5, 5.41) is 13.2. The van der Waals surface area contributed by atoms with E-state index in [-0.39, 0.29) is 6.04 Å². The number of hydrogen-bond acceptors (Lipinski definition) is 3. The van der Waals surface area contributed by atoms with Crippen molar-refractivity contribution in [3.8, 4) is 0 Å². The Bertz CT molecular complexity index is 183. The molecule has 3 heteroatoms. The Hall–Kier alpha value is -0.380. The molecule has 0 aliphatic heterocycles. The van der Waals surface area contributed by atoms with E-state index in [1.54, 1.807) is 18.3 Å². The van der Waals surface area contributed by atoms with Crippen molar-refractivity contribution in [2.75, 3.05) is 0 Å². The first-order valence-corrected chi connectivity index (χ1v) is 4.12. The molecule has 0 aliphatic rings. The highest BCUT2D eigenvalue weighted by Gasteiger charge is 2.11. The Morgan fingerprint density at radius 1 is 1.70 bits per heavy atom. The zero-order chi connectivity index (χ0) is 7.56. The van der Waals surface area contributed by atoms with Gasteiger partial charge in [-0.3, -0.25) is 0 Å². The van der Waals surface area contributed by atoms with Crippen molar-refractivity contribution < 1.29 is 5.11 Å². The van der Waals surface area contributed by atoms with Crippen LogP contribution in [-0.4, -0.2) is 11.1 Å². The molecule has 3 N–H and O–H groups in total. The van der Waals surface area contributed by atoms with Gasteiger partial charge in [-0.1, -0.05) is 0 Å². The highest BCUT2D eigenvalue weighted by atomic mass is 32.1. The number of thiophene rings is 1. The molecule has 0 saturated heterocycles. The van der Waals surface area contributed by atoms with Gasteiger partial charge in [-0.2, -0.15) is 11.3 Å². The van der Waals surface area contributed by atoms with Crippen molar-refractivity contribution in [1.82, 2.24) is 0 Å². The Kier molecular flexibility index (Phi) is 2.43. The third kappa shape index (κ3) is 1.56. The van der Waals surface area contributed by atoms with E-state index >= 15 is 0 Å². The largest absolute Gasteiger partial charge is 0.387 e. The molecule has 0 saturated carbocycles. The third-order valence-corrected chi connectivity index (χ3v) is 2.08. The van der Waals surface area contributed by atoms with Crippen molar-refractivity contribution in [1.29, 1.82) is 0 Å². The molecule has 0 radical (unpaired) electrons. The van der Waals surface area contributed by atoms with Crippen LogP contribution in [0.2, 0.25) is 0 Å². The van der Waals surface area contributed by atoms with E-state index in [4.69, 9.17) is 5.73 Å². The van der Waals surface area contributed by atoms with Crippen molar-refractivity contribution in [2.24, 2.45) is 5.73 Å². The first-order chi connectivity index (χ1) is 4.72. The second kappa shape index (κ2) is 3.14. The van der Waals surface area contributed by atoms with Crippen molar-refractivity contribution in [2.45, 2.75) is 19.1 Å². The maximum atomic E-state index is 9.37. The third-order valence-electron chi connectivity index (χ3n) is 1.38. The minimum atomic E-state index is -0.508. The molecule has 1 aromatic heterocycles. The van der Waals surface area contributed by atoms with Crippen LogP contribution in [0.4, 0.5) is 0 Å². The Morgan fingerprint density at radius 3 is 2.80 bits per heavy atom. The van der Waals surface area contributed by atoms with E-state index in [2.05, 4.69) is 0 Å². The van der Waals surface area contributed by atoms with Crippen LogP contribution in [0.5, 0.6) is 0 Å². The van der Waals surface area contributed by atoms with Crippen molar-refractivity contribution in [3.05, 3.63) is 22.4 Å². The van der Waals surface area contributed by atoms with Gasteiger partial charge in [0.2, 0.25) is 0 Å². The maximum absolute atomic E-state index is 9.37. The molecule has 0 aromatic carbocycles. The molecule has 2 atom stereocenters. The lowest BCUT2D eigenvalue weighted by molar-refractivity contribution is 0.154. The summed E-state index contributed by atoms with van der Waals surface area (Å²) >= 11 is 1.57. The highest BCUT2D eigenvalue weighted by Crippen LogP contribution is 2.17. The zero-order valence-corrected chi connectivity index (χ0v) is 6.64. The summed E-state index contributed by atoms with van der Waals surface area (Å²) < 4.78 is 0. The summed E-state index contributed by atoms with van der Waals surface area (Å²) in [6.45, 7) is 1.79. The second-order valence-corrected chi connectivity index (χ2v) is 3.14. The average molecular weight is 157 g/mol. The predicted molar refractivity (Wildman–Crippen MR) is 42.9 cm³/mol. The molecule has 1 aromatic rings. The van der Waals surface area contributed by atoms with Crippen LogP contribution in [0.3, 0.4) is 0 Å². The van der Waals surface area contributed by atoms with Crippen LogP contribution in [-0.2, 0) is 0 Å². The summed E-state index contributed by atoms with van der Waals surface area (Å²) in [5.41, 5.74) is 6.40. The molecule has 0 bridgehead atoms. The average Bonchev–Trinajstić information content (AvgIpc) is 2.36. The van der Waals surface area contributed by atoms with Gasteiger partial charge in [-0.15, -0.1) is 0 Å². The van der Waals surface area contributed by atoms with Gasteiger partial charge in [0.05, 0.1) is 6.10 Å². The summed E-state index contributed by atoms with van der Waals surface area (Å²) in [7, 11) is 0. The molecule has 0 aliphatic carbocycles. The fourth-order valence-electron chi connectivity index (χ4n) is 0.747. The summed E-state index contributed by atoms with van der Waals surface area (Å²) in [6, 6.07) is 1.70. The molecule has 10 heavy (non-hydrogen) atoms. The van der Waals surface area contributed by atoms with E-state index < -0.39 is 6.10 Å². The van der Waals surface area contributed by atoms with E-state index in [0.717, 1.165) is 5.56 Å². The zero-order valence-electron chi connectivity index (χ0n) is 5.82. The highest BCUT2D eigenvalue weighted by molar-refractivity contribution is 7.07. The van der Waals surface area contributed by atoms with Crippen molar-refractivity contribution in [3.63, 3.8) is 0 Å². The molecule has 0 amide bonds. The molecular weight excluding hydrogens is 146 g/mol. The van der Waals surface area contributed by atoms with Crippen LogP contribution in [0, 0.1) is 0 Å². The number of rotatable bonds is 2. The topological polar surface area (TPSA) is 46.2 Å². The summed E-state index contributed by atoms with van der Waals surface area (Å²) in [5.74, 6) is 0. The van der Waals surface area contributed by atoms with E-state index in [0.29, 0.717) is 0 Å². The number of aliphatic hydroxyl groups is 1. The first-order valence-electron chi connectivity index (χ1n) is 3.17. The Morgan fingerprint density at radius 2 is 2.40 bits per heavy atom. The summed E-state index contributed by atoms with van der Waals surface area (Å²) in [6.07, 6.45) is -0.508. The van der Waals surface area contributed by atoms with Gasteiger partial charge in [-0.05, 0) is 29.3 Å². The molecule has 0 spiro atoms. The lowest BCUT2D eigenvalue weighted by Crippen LogP contribution is -2.23. The smallest absolute Gasteiger partial charge is 0.0946 e. The lowest BCUT2D eigenvalue weighted by atomic mass is 10.1. The molecule has 1 rings (SSSR count). The SMILES string of the molecule is C[C@@H](N)[C@@H](O)c1ccsc1. The monoisotopic (exact) mass is 157 g/mol. The number of hydrogen-bond donors (Lipinski definition) is 2. The Labute approximate surface area is 64.3 Å². The van der Waals surface area contributed by atoms with E-state index in [9.17, 15) is 5.11 Å². The quantitative estimate of drug-likeness (QED) is 0.676. The van der Waals surface area contributed by atoms with E-state index in [1.807, 2.05) is 16.8 Å². The molecule has 0 unspecified atom stereocenters. The van der Waals surface area contributed by atoms with Gasteiger partial charge in [0, 0.05) is 6.04 Å². The molecule has 0 fully saturated rings. The maximum Gasteiger partial charge on any atom is 0.0946 e. The minimum Gasteiger partial charge on any atom is -0.387 e. The van der Waals surface area contributed by atoms with Crippen LogP contribution in [0.25, 0.3) is 0 Å². The minimum absolute atomic E-state index is 0.186. The fourth-order valence-corrected chi connectivity index (χ4v) is 1.44. The van der Waals surface area contributed by atoms with Gasteiger partial charge in [0.15, 0.2) is 0 Å². The fraction of sp³-hybridized carbons (Fsp3) is 0.429. The van der Waals surface area contributed by atoms with Gasteiger partial charge in [-0.25, -0.2) is 0 Å². The molecule has 1 heterocycles. The molecule has 2 nitrogen and oxygen atoms in total. The van der Waals surface area contributed by atoms with Crippen LogP contribution in [0.15, 0.2) is 16.8 Å². The van der Waals surface area contributed by atoms with Crippen LogP contribution >= 0.6 is 11.3 Å². The molecular formula is C7H11NOS. The van der Waals surface area contributed by atoms with Gasteiger partial charge in [0.25, 0.3) is 0 Å². The Balaban J connectivity index is 2.68. The lowest BCUT2D eigenvalue weighted by Gasteiger charge is -2.11. The first kappa shape index (κ1) is 7.72. The molecule has 56 valence electrons. The number of aliphatic hydroxyl groups excluding tert-OH is 1. The van der Waals surface area contributed by atoms with Crippen LogP contribution < -0.4 is 5.73 Å². The van der Waals surface area contributed by atoms with Crippen LogP contribution in [0.1, 0.15) is 18.6 Å². The standard InChI is InChI=1S/C7H11NOS/c1-5(8)7(9)6-2-3-10-4-6/h2-5,7,9H,8H2,1H3/t5-,7-/m1/s1. The van der Waals surface area contributed by atoms with Gasteiger partial charge in [0.1, 0.15) is 0 Å². The second-order valence-electron chi connectivity index (χ2n) is 2.36. The van der Waals surface area contributed by atoms with Gasteiger partial charge >= 0.3 is 0 Å². The van der Waals surface area contributed by atoms with E-state index in [1.165, 1.54) is 0 Å². The van der Waals surface area contributed by atoms with Gasteiger partial charge < -0.3 is 10.8 Å². The predicted octanol–water partition coefficient (Wildman–Crippen LogP) is 1.13. The normalized spacial score (nSPS) is 16.7.